The Labute approximate surface area is 301 Å². The normalized spacial score (nSPS) is 13.0. The molecule has 0 fully saturated rings. The largest absolute Gasteiger partial charge is 0.510 e. The molecule has 0 saturated heterocycles. The molecule has 0 aliphatic carbocycles. The van der Waals surface area contributed by atoms with Gasteiger partial charge < -0.3 is 23.5 Å². The van der Waals surface area contributed by atoms with Gasteiger partial charge in [0.25, 0.3) is 0 Å². The summed E-state index contributed by atoms with van der Waals surface area (Å²) in [7, 11) is 2.00. The van der Waals surface area contributed by atoms with E-state index in [1.165, 1.54) is 22.2 Å². The van der Waals surface area contributed by atoms with Crippen LogP contribution in [0.1, 0.15) is 26.3 Å². The third kappa shape index (κ3) is 5.07. The minimum absolute atomic E-state index is 0. The number of imidazole rings is 1. The van der Waals surface area contributed by atoms with Crippen molar-refractivity contribution in [2.45, 2.75) is 26.2 Å². The Bertz CT molecular complexity index is 2380. The summed E-state index contributed by atoms with van der Waals surface area (Å²) in [6.45, 7) is 6.56. The van der Waals surface area contributed by atoms with Crippen LogP contribution in [-0.2, 0) is 33.5 Å². The molecule has 2 aromatic heterocycles. The molecule has 0 atom stereocenters. The van der Waals surface area contributed by atoms with Gasteiger partial charge in [-0.2, -0.15) is 12.1 Å². The molecule has 0 unspecified atom stereocenters. The van der Waals surface area contributed by atoms with E-state index in [0.29, 0.717) is 11.5 Å². The molecule has 0 amide bonds. The first kappa shape index (κ1) is 31.2. The van der Waals surface area contributed by atoms with E-state index >= 15 is 0 Å². The van der Waals surface area contributed by atoms with E-state index in [4.69, 9.17) is 9.72 Å². The molecule has 0 bridgehead atoms. The van der Waals surface area contributed by atoms with Gasteiger partial charge >= 0.3 is 6.98 Å². The fourth-order valence-electron chi connectivity index (χ4n) is 7.06. The first-order valence-corrected chi connectivity index (χ1v) is 16.2. The first-order chi connectivity index (χ1) is 23.3. The summed E-state index contributed by atoms with van der Waals surface area (Å²) in [5.74, 6) is 2.08. The maximum absolute atomic E-state index is 6.53. The van der Waals surface area contributed by atoms with E-state index in [-0.39, 0.29) is 33.5 Å². The number of ether oxygens (including phenoxy) is 1. The number of pyridine rings is 1. The first-order valence-electron chi connectivity index (χ1n) is 16.2. The van der Waals surface area contributed by atoms with Gasteiger partial charge in [0.15, 0.2) is 0 Å². The van der Waals surface area contributed by atoms with Gasteiger partial charge in [-0.3, -0.25) is 0 Å². The predicted molar refractivity (Wildman–Crippen MR) is 192 cm³/mol. The van der Waals surface area contributed by atoms with Gasteiger partial charge in [-0.1, -0.05) is 105 Å². The van der Waals surface area contributed by atoms with Gasteiger partial charge in [0.2, 0.25) is 6.33 Å². The van der Waals surface area contributed by atoms with E-state index < -0.39 is 0 Å². The minimum atomic E-state index is -0.145. The maximum atomic E-state index is 6.53. The van der Waals surface area contributed by atoms with Crippen molar-refractivity contribution < 1.29 is 30.4 Å². The van der Waals surface area contributed by atoms with Crippen LogP contribution in [0, 0.1) is 18.5 Å². The van der Waals surface area contributed by atoms with Crippen LogP contribution in [0.5, 0.6) is 11.5 Å². The maximum Gasteiger partial charge on any atom is 0.409 e. The van der Waals surface area contributed by atoms with E-state index in [9.17, 15) is 0 Å². The molecule has 9 rings (SSSR count). The fourth-order valence-corrected chi connectivity index (χ4v) is 7.06. The minimum Gasteiger partial charge on any atom is -0.510 e. The van der Waals surface area contributed by atoms with E-state index in [2.05, 4.69) is 128 Å². The fraction of sp³-hybridized carbons (Fsp3) is 0.122. The van der Waals surface area contributed by atoms with Gasteiger partial charge in [0.05, 0.1) is 18.1 Å². The van der Waals surface area contributed by atoms with Crippen LogP contribution in [0.15, 0.2) is 121 Å². The Kier molecular flexibility index (Phi) is 7.49. The number of nitrogens with zero attached hydrogens (tertiary/aromatic N) is 5. The zero-order valence-electron chi connectivity index (χ0n) is 27.6. The molecule has 49 heavy (non-hydrogen) atoms. The van der Waals surface area contributed by atoms with Crippen molar-refractivity contribution in [3.05, 3.63) is 145 Å². The predicted octanol–water partition coefficient (Wildman–Crippen LogP) is 8.00. The van der Waals surface area contributed by atoms with Crippen LogP contribution in [0.2, 0.25) is 0 Å². The molecule has 2 aliphatic rings. The number of rotatable bonds is 4. The molecule has 8 heteroatoms. The van der Waals surface area contributed by atoms with Gasteiger partial charge in [-0.15, -0.1) is 30.3 Å². The van der Waals surface area contributed by atoms with Gasteiger partial charge in [0.1, 0.15) is 5.82 Å². The number of hydrogen-bond acceptors (Lipinski definition) is 4. The zero-order chi connectivity index (χ0) is 32.6. The third-order valence-electron chi connectivity index (χ3n) is 9.37. The standard InChI is InChI=1S/C41H32BN5O.Pt/c1-41(2,3)28-22-23-43-40(24-28)47-39-26-31(48-30-13-11-12-29(25-30)45-27-44(4)36-18-9-10-19-37(36)45)20-21-38(39)46-35-17-8-6-15-33(35)32-14-5-7-16-34(32)42(46)47;/h5-24H,1-4H3;/q-2;. The summed E-state index contributed by atoms with van der Waals surface area (Å²) in [5.41, 5.74) is 11.0. The summed E-state index contributed by atoms with van der Waals surface area (Å²) >= 11 is 0. The van der Waals surface area contributed by atoms with Crippen molar-refractivity contribution in [3.63, 3.8) is 0 Å². The molecule has 5 aromatic carbocycles. The van der Waals surface area contributed by atoms with E-state index in [1.54, 1.807) is 0 Å². The van der Waals surface area contributed by atoms with Crippen molar-refractivity contribution in [1.82, 2.24) is 9.55 Å². The molecule has 0 radical (unpaired) electrons. The second-order valence-corrected chi connectivity index (χ2v) is 13.4. The Hall–Kier alpha value is -5.13. The topological polar surface area (TPSA) is 37.4 Å². The Morgan fingerprint density at radius 2 is 1.49 bits per heavy atom. The molecular weight excluding hydrogens is 784 g/mol. The molecule has 0 saturated carbocycles. The molecule has 0 N–H and O–H groups in total. The Morgan fingerprint density at radius 1 is 0.735 bits per heavy atom. The smallest absolute Gasteiger partial charge is 0.409 e. The average Bonchev–Trinajstić information content (AvgIpc) is 3.63. The Balaban J connectivity index is 0.00000348. The molecule has 2 aliphatic heterocycles. The summed E-state index contributed by atoms with van der Waals surface area (Å²) in [4.78, 5) is 9.69. The third-order valence-corrected chi connectivity index (χ3v) is 9.37. The van der Waals surface area contributed by atoms with Crippen LogP contribution in [-0.4, -0.2) is 16.5 Å². The van der Waals surface area contributed by atoms with Crippen molar-refractivity contribution in [2.75, 3.05) is 9.62 Å². The number of hydrogen-bond donors (Lipinski definition) is 0. The van der Waals surface area contributed by atoms with Crippen molar-refractivity contribution >= 4 is 46.4 Å². The quantitative estimate of drug-likeness (QED) is 0.103. The van der Waals surface area contributed by atoms with Crippen molar-refractivity contribution in [1.29, 1.82) is 0 Å². The van der Waals surface area contributed by atoms with E-state index in [1.807, 2.05) is 58.8 Å². The number of anilines is 4. The number of benzene rings is 5. The molecule has 6 nitrogen and oxygen atoms in total. The van der Waals surface area contributed by atoms with Gasteiger partial charge in [-0.05, 0) is 40.2 Å². The second-order valence-electron chi connectivity index (χ2n) is 13.4. The van der Waals surface area contributed by atoms with Crippen LogP contribution in [0.4, 0.5) is 22.9 Å². The molecule has 0 spiro atoms. The van der Waals surface area contributed by atoms with Crippen LogP contribution >= 0.6 is 0 Å². The van der Waals surface area contributed by atoms with E-state index in [0.717, 1.165) is 39.6 Å². The number of aryl methyl sites for hydroxylation is 1. The SMILES string of the molecule is C[n+]1[c-]n(-c2[c-]c(Oc3[c-]c4c(cc3)N3B(c5ccccc5-c5ccccc53)N4c3cc(C(C)(C)C)ccn3)ccc2)c2ccccc21.[Pt]. The van der Waals surface area contributed by atoms with Crippen molar-refractivity contribution in [2.24, 2.45) is 7.05 Å². The Morgan fingerprint density at radius 3 is 2.35 bits per heavy atom. The summed E-state index contributed by atoms with van der Waals surface area (Å²) in [5, 5.41) is 0. The van der Waals surface area contributed by atoms with Gasteiger partial charge in [-0.25, -0.2) is 4.98 Å². The molecule has 7 aromatic rings. The van der Waals surface area contributed by atoms with Gasteiger partial charge in [0, 0.05) is 50.0 Å². The van der Waals surface area contributed by atoms with Crippen molar-refractivity contribution in [3.8, 4) is 28.3 Å². The monoisotopic (exact) mass is 816 g/mol. The van der Waals surface area contributed by atoms with Crippen LogP contribution in [0.3, 0.4) is 0 Å². The summed E-state index contributed by atoms with van der Waals surface area (Å²) in [6, 6.07) is 47.1. The molecule has 242 valence electrons. The molecule has 4 heterocycles. The summed E-state index contributed by atoms with van der Waals surface area (Å²) in [6.07, 6.45) is 5.32. The summed E-state index contributed by atoms with van der Waals surface area (Å²) < 4.78 is 10.5. The van der Waals surface area contributed by atoms with Crippen LogP contribution in [0.25, 0.3) is 27.8 Å². The number of aromatic nitrogens is 3. The number of para-hydroxylation sites is 3. The molecular formula is C41H32BN5OPt-2. The zero-order valence-corrected chi connectivity index (χ0v) is 29.9. The average molecular weight is 817 g/mol. The number of fused-ring (bicyclic) bond motifs is 9. The second kappa shape index (κ2) is 11.8. The van der Waals surface area contributed by atoms with Crippen LogP contribution < -0.4 is 24.4 Å².